The monoisotopic (exact) mass is 312 g/mol. The lowest BCUT2D eigenvalue weighted by Gasteiger charge is -2.37. The fourth-order valence-electron chi connectivity index (χ4n) is 3.36. The van der Waals surface area contributed by atoms with E-state index in [0.717, 1.165) is 32.4 Å². The molecule has 0 aromatic rings. The van der Waals surface area contributed by atoms with Gasteiger partial charge in [0, 0.05) is 18.8 Å². The number of hydrogen-bond acceptors (Lipinski definition) is 4. The van der Waals surface area contributed by atoms with E-state index in [1.807, 2.05) is 13.8 Å². The van der Waals surface area contributed by atoms with Crippen molar-refractivity contribution in [2.24, 2.45) is 23.5 Å². The molecule has 1 aliphatic rings. The standard InChI is InChI=1S/C17H32N2O3/c1-12(2)9-13(10-15(18)20)11-16(21)22-17(3,4)14-5-7-19-8-6-14/h12-14,19H,5-11H2,1-4H3,(H2,18,20). The highest BCUT2D eigenvalue weighted by molar-refractivity contribution is 5.76. The second-order valence-corrected chi connectivity index (χ2v) is 7.47. The predicted molar refractivity (Wildman–Crippen MR) is 87.1 cm³/mol. The van der Waals surface area contributed by atoms with Gasteiger partial charge < -0.3 is 15.8 Å². The zero-order valence-electron chi connectivity index (χ0n) is 14.5. The Balaban J connectivity index is 2.55. The van der Waals surface area contributed by atoms with Crippen LogP contribution in [-0.2, 0) is 14.3 Å². The van der Waals surface area contributed by atoms with Gasteiger partial charge in [-0.05, 0) is 58.0 Å². The van der Waals surface area contributed by atoms with E-state index in [4.69, 9.17) is 10.5 Å². The molecule has 1 unspecified atom stereocenters. The number of ether oxygens (including phenoxy) is 1. The van der Waals surface area contributed by atoms with E-state index in [0.29, 0.717) is 11.8 Å². The largest absolute Gasteiger partial charge is 0.459 e. The van der Waals surface area contributed by atoms with Crippen LogP contribution >= 0.6 is 0 Å². The minimum absolute atomic E-state index is 0.0196. The zero-order valence-corrected chi connectivity index (χ0v) is 14.5. The normalized spacial score (nSPS) is 18.2. The first-order valence-electron chi connectivity index (χ1n) is 8.41. The first kappa shape index (κ1) is 18.9. The minimum atomic E-state index is -0.450. The number of carbonyl (C=O) groups is 2. The summed E-state index contributed by atoms with van der Waals surface area (Å²) < 4.78 is 5.75. The van der Waals surface area contributed by atoms with Crippen LogP contribution in [0.1, 0.15) is 59.8 Å². The first-order chi connectivity index (χ1) is 10.2. The molecule has 1 saturated heterocycles. The van der Waals surface area contributed by atoms with Crippen LogP contribution in [0, 0.1) is 17.8 Å². The van der Waals surface area contributed by atoms with Crippen molar-refractivity contribution in [3.63, 3.8) is 0 Å². The number of primary amides is 1. The molecule has 128 valence electrons. The highest BCUT2D eigenvalue weighted by Gasteiger charge is 2.34. The van der Waals surface area contributed by atoms with Gasteiger partial charge in [-0.1, -0.05) is 13.8 Å². The molecule has 22 heavy (non-hydrogen) atoms. The number of carbonyl (C=O) groups excluding carboxylic acids is 2. The summed E-state index contributed by atoms with van der Waals surface area (Å²) >= 11 is 0. The van der Waals surface area contributed by atoms with Gasteiger partial charge in [0.15, 0.2) is 0 Å². The average Bonchev–Trinajstić information content (AvgIpc) is 2.37. The molecular formula is C17H32N2O3. The summed E-state index contributed by atoms with van der Waals surface area (Å²) in [5, 5.41) is 3.32. The molecule has 0 aliphatic carbocycles. The van der Waals surface area contributed by atoms with Crippen LogP contribution in [0.15, 0.2) is 0 Å². The number of esters is 1. The molecule has 1 atom stereocenters. The van der Waals surface area contributed by atoms with Crippen LogP contribution in [-0.4, -0.2) is 30.6 Å². The highest BCUT2D eigenvalue weighted by atomic mass is 16.6. The van der Waals surface area contributed by atoms with Crippen molar-refractivity contribution in [3.8, 4) is 0 Å². The third kappa shape index (κ3) is 6.77. The van der Waals surface area contributed by atoms with Crippen molar-refractivity contribution in [1.29, 1.82) is 0 Å². The van der Waals surface area contributed by atoms with Gasteiger partial charge in [0.05, 0.1) is 0 Å². The van der Waals surface area contributed by atoms with Crippen molar-refractivity contribution in [2.45, 2.75) is 65.4 Å². The number of nitrogens with two attached hydrogens (primary N) is 1. The predicted octanol–water partition coefficient (Wildman–Crippen LogP) is 2.24. The summed E-state index contributed by atoms with van der Waals surface area (Å²) in [6.07, 6.45) is 3.39. The van der Waals surface area contributed by atoms with Crippen LogP contribution < -0.4 is 11.1 Å². The summed E-state index contributed by atoms with van der Waals surface area (Å²) in [6, 6.07) is 0. The minimum Gasteiger partial charge on any atom is -0.459 e. The lowest BCUT2D eigenvalue weighted by molar-refractivity contribution is -0.164. The Morgan fingerprint density at radius 3 is 2.32 bits per heavy atom. The number of amides is 1. The summed E-state index contributed by atoms with van der Waals surface area (Å²) in [5.74, 6) is 0.229. The quantitative estimate of drug-likeness (QED) is 0.673. The molecule has 0 spiro atoms. The number of hydrogen-bond donors (Lipinski definition) is 2. The van der Waals surface area contributed by atoms with Gasteiger partial charge >= 0.3 is 5.97 Å². The van der Waals surface area contributed by atoms with Gasteiger partial charge in [-0.25, -0.2) is 0 Å². The number of nitrogens with one attached hydrogen (secondary N) is 1. The molecular weight excluding hydrogens is 280 g/mol. The van der Waals surface area contributed by atoms with Crippen molar-refractivity contribution in [1.82, 2.24) is 5.32 Å². The van der Waals surface area contributed by atoms with Crippen LogP contribution in [0.3, 0.4) is 0 Å². The van der Waals surface area contributed by atoms with Crippen molar-refractivity contribution >= 4 is 11.9 Å². The van der Waals surface area contributed by atoms with Gasteiger partial charge in [0.1, 0.15) is 5.60 Å². The molecule has 1 heterocycles. The molecule has 1 aliphatic heterocycles. The van der Waals surface area contributed by atoms with Gasteiger partial charge in [-0.2, -0.15) is 0 Å². The van der Waals surface area contributed by atoms with E-state index in [-0.39, 0.29) is 30.6 Å². The van der Waals surface area contributed by atoms with Crippen LogP contribution in [0.25, 0.3) is 0 Å². The van der Waals surface area contributed by atoms with E-state index in [9.17, 15) is 9.59 Å². The molecule has 5 nitrogen and oxygen atoms in total. The third-order valence-electron chi connectivity index (χ3n) is 4.45. The Hall–Kier alpha value is -1.10. The molecule has 0 aromatic carbocycles. The van der Waals surface area contributed by atoms with E-state index in [1.54, 1.807) is 0 Å². The first-order valence-corrected chi connectivity index (χ1v) is 8.41. The molecule has 0 bridgehead atoms. The summed E-state index contributed by atoms with van der Waals surface area (Å²) in [4.78, 5) is 23.5. The smallest absolute Gasteiger partial charge is 0.306 e. The van der Waals surface area contributed by atoms with Crippen LogP contribution in [0.5, 0.6) is 0 Å². The Kier molecular flexibility index (Phi) is 7.33. The van der Waals surface area contributed by atoms with Crippen molar-refractivity contribution < 1.29 is 14.3 Å². The van der Waals surface area contributed by atoms with Gasteiger partial charge in [-0.15, -0.1) is 0 Å². The second-order valence-electron chi connectivity index (χ2n) is 7.47. The zero-order chi connectivity index (χ0) is 16.8. The lowest BCUT2D eigenvalue weighted by atomic mass is 9.83. The summed E-state index contributed by atoms with van der Waals surface area (Å²) in [7, 11) is 0. The highest BCUT2D eigenvalue weighted by Crippen LogP contribution is 2.30. The van der Waals surface area contributed by atoms with Crippen molar-refractivity contribution in [3.05, 3.63) is 0 Å². The molecule has 1 fully saturated rings. The Morgan fingerprint density at radius 2 is 1.82 bits per heavy atom. The maximum Gasteiger partial charge on any atom is 0.306 e. The fraction of sp³-hybridized carbons (Fsp3) is 0.882. The fourth-order valence-corrected chi connectivity index (χ4v) is 3.36. The Bertz CT molecular complexity index is 374. The van der Waals surface area contributed by atoms with Crippen LogP contribution in [0.4, 0.5) is 0 Å². The molecule has 0 saturated carbocycles. The molecule has 0 aromatic heterocycles. The second kappa shape index (κ2) is 8.51. The number of piperidine rings is 1. The average molecular weight is 312 g/mol. The van der Waals surface area contributed by atoms with Gasteiger partial charge in [-0.3, -0.25) is 9.59 Å². The van der Waals surface area contributed by atoms with Crippen molar-refractivity contribution in [2.75, 3.05) is 13.1 Å². The summed E-state index contributed by atoms with van der Waals surface area (Å²) in [6.45, 7) is 10.1. The Morgan fingerprint density at radius 1 is 1.23 bits per heavy atom. The van der Waals surface area contributed by atoms with E-state index in [1.165, 1.54) is 0 Å². The Labute approximate surface area is 134 Å². The maximum absolute atomic E-state index is 12.3. The van der Waals surface area contributed by atoms with Gasteiger partial charge in [0.2, 0.25) is 5.91 Å². The molecule has 0 radical (unpaired) electrons. The molecule has 5 heteroatoms. The molecule has 3 N–H and O–H groups in total. The summed E-state index contributed by atoms with van der Waals surface area (Å²) in [5.41, 5.74) is 4.84. The maximum atomic E-state index is 12.3. The molecule has 1 amide bonds. The van der Waals surface area contributed by atoms with E-state index in [2.05, 4.69) is 19.2 Å². The lowest BCUT2D eigenvalue weighted by Crippen LogP contribution is -2.43. The number of rotatable bonds is 8. The van der Waals surface area contributed by atoms with E-state index >= 15 is 0 Å². The van der Waals surface area contributed by atoms with Gasteiger partial charge in [0.25, 0.3) is 0 Å². The third-order valence-corrected chi connectivity index (χ3v) is 4.45. The van der Waals surface area contributed by atoms with E-state index < -0.39 is 5.60 Å². The topological polar surface area (TPSA) is 81.4 Å². The van der Waals surface area contributed by atoms with Crippen LogP contribution in [0.2, 0.25) is 0 Å². The molecule has 1 rings (SSSR count). The SMILES string of the molecule is CC(C)CC(CC(N)=O)CC(=O)OC(C)(C)C1CCNCC1.